The molecule has 1 aromatic carbocycles. The van der Waals surface area contributed by atoms with Crippen molar-refractivity contribution in [1.29, 1.82) is 0 Å². The summed E-state index contributed by atoms with van der Waals surface area (Å²) in [4.78, 5) is 1.51. The zero-order valence-corrected chi connectivity index (χ0v) is 8.92. The summed E-state index contributed by atoms with van der Waals surface area (Å²) in [6, 6.07) is 9.65. The fourth-order valence-corrected chi connectivity index (χ4v) is 1.38. The van der Waals surface area contributed by atoms with Crippen LogP contribution in [0.25, 0.3) is 5.57 Å². The second-order valence-electron chi connectivity index (χ2n) is 3.38. The van der Waals surface area contributed by atoms with Gasteiger partial charge < -0.3 is 4.90 Å². The zero-order chi connectivity index (χ0) is 10.6. The lowest BCUT2D eigenvalue weighted by molar-refractivity contribution is 0.376. The minimum absolute atomic E-state index is 0.154. The van der Waals surface area contributed by atoms with Crippen LogP contribution in [0.4, 0.5) is 4.39 Å². The summed E-state index contributed by atoms with van der Waals surface area (Å²) < 4.78 is 13.7. The third-order valence-electron chi connectivity index (χ3n) is 2.12. The molecule has 0 saturated carbocycles. The molecule has 1 nitrogen and oxygen atoms in total. The minimum Gasteiger partial charge on any atom is -0.354 e. The van der Waals surface area contributed by atoms with Crippen LogP contribution in [-0.2, 0) is 0 Å². The van der Waals surface area contributed by atoms with Gasteiger partial charge in [0.2, 0.25) is 0 Å². The lowest BCUT2D eigenvalue weighted by Gasteiger charge is -2.14. The standard InChI is InChI=1S/C12H16FN/c1-4-11(12(13)14(2)3)10-8-6-5-7-9-10/h5-9H,4H2,1-3H3/b12-11+. The van der Waals surface area contributed by atoms with Gasteiger partial charge in [-0.05, 0) is 12.0 Å². The Labute approximate surface area is 84.9 Å². The molecule has 0 unspecified atom stereocenters. The van der Waals surface area contributed by atoms with Gasteiger partial charge in [0.25, 0.3) is 0 Å². The molecular weight excluding hydrogens is 177 g/mol. The SMILES string of the molecule is CC/C(=C(/F)N(C)C)c1ccccc1. The van der Waals surface area contributed by atoms with Crippen LogP contribution in [-0.4, -0.2) is 19.0 Å². The molecule has 0 N–H and O–H groups in total. The van der Waals surface area contributed by atoms with Gasteiger partial charge in [0, 0.05) is 19.7 Å². The maximum absolute atomic E-state index is 13.7. The van der Waals surface area contributed by atoms with Crippen molar-refractivity contribution in [2.24, 2.45) is 0 Å². The van der Waals surface area contributed by atoms with Gasteiger partial charge in [0.1, 0.15) is 0 Å². The Morgan fingerprint density at radius 1 is 1.21 bits per heavy atom. The van der Waals surface area contributed by atoms with Gasteiger partial charge in [0.05, 0.1) is 0 Å². The fraction of sp³-hybridized carbons (Fsp3) is 0.333. The van der Waals surface area contributed by atoms with Crippen molar-refractivity contribution in [3.63, 3.8) is 0 Å². The van der Waals surface area contributed by atoms with Crippen LogP contribution in [0.5, 0.6) is 0 Å². The Morgan fingerprint density at radius 2 is 1.79 bits per heavy atom. The van der Waals surface area contributed by atoms with Crippen LogP contribution in [0.3, 0.4) is 0 Å². The Bertz CT molecular complexity index is 314. The van der Waals surface area contributed by atoms with E-state index >= 15 is 0 Å². The molecule has 0 atom stereocenters. The number of benzene rings is 1. The maximum atomic E-state index is 13.7. The molecule has 1 rings (SSSR count). The van der Waals surface area contributed by atoms with E-state index in [0.717, 1.165) is 11.1 Å². The van der Waals surface area contributed by atoms with Crippen LogP contribution < -0.4 is 0 Å². The summed E-state index contributed by atoms with van der Waals surface area (Å²) >= 11 is 0. The summed E-state index contributed by atoms with van der Waals surface area (Å²) in [5.74, 6) is -0.154. The highest BCUT2D eigenvalue weighted by Crippen LogP contribution is 2.23. The van der Waals surface area contributed by atoms with Gasteiger partial charge >= 0.3 is 0 Å². The van der Waals surface area contributed by atoms with Crippen LogP contribution in [0.1, 0.15) is 18.9 Å². The summed E-state index contributed by atoms with van der Waals surface area (Å²) in [5.41, 5.74) is 1.72. The molecular formula is C12H16FN. The average Bonchev–Trinajstić information content (AvgIpc) is 2.20. The Morgan fingerprint density at radius 3 is 2.21 bits per heavy atom. The molecule has 0 aliphatic carbocycles. The Hall–Kier alpha value is -1.31. The molecule has 0 radical (unpaired) electrons. The molecule has 0 aliphatic heterocycles. The predicted octanol–water partition coefficient (Wildman–Crippen LogP) is 3.30. The van der Waals surface area contributed by atoms with Gasteiger partial charge in [-0.3, -0.25) is 0 Å². The molecule has 76 valence electrons. The smallest absolute Gasteiger partial charge is 0.192 e. The predicted molar refractivity (Wildman–Crippen MR) is 58.4 cm³/mol. The summed E-state index contributed by atoms with van der Waals surface area (Å²) in [7, 11) is 3.43. The van der Waals surface area contributed by atoms with E-state index in [9.17, 15) is 4.39 Å². The van der Waals surface area contributed by atoms with Gasteiger partial charge in [0.15, 0.2) is 5.95 Å². The van der Waals surface area contributed by atoms with Gasteiger partial charge in [-0.15, -0.1) is 0 Å². The third-order valence-corrected chi connectivity index (χ3v) is 2.12. The molecule has 0 heterocycles. The van der Waals surface area contributed by atoms with Crippen molar-refractivity contribution in [3.8, 4) is 0 Å². The van der Waals surface area contributed by atoms with Crippen molar-refractivity contribution in [2.75, 3.05) is 14.1 Å². The van der Waals surface area contributed by atoms with E-state index in [1.54, 1.807) is 14.1 Å². The Balaban J connectivity index is 3.11. The number of allylic oxidation sites excluding steroid dienone is 1. The van der Waals surface area contributed by atoms with Crippen LogP contribution in [0.15, 0.2) is 36.3 Å². The summed E-state index contributed by atoms with van der Waals surface area (Å²) in [5, 5.41) is 0. The van der Waals surface area contributed by atoms with Crippen LogP contribution in [0, 0.1) is 0 Å². The summed E-state index contributed by atoms with van der Waals surface area (Å²) in [6.07, 6.45) is 0.702. The zero-order valence-electron chi connectivity index (χ0n) is 8.92. The van der Waals surface area contributed by atoms with Crippen molar-refractivity contribution in [1.82, 2.24) is 4.90 Å². The number of nitrogens with zero attached hydrogens (tertiary/aromatic N) is 1. The first-order chi connectivity index (χ1) is 6.66. The van der Waals surface area contributed by atoms with Crippen molar-refractivity contribution >= 4 is 5.57 Å². The normalized spacial score (nSPS) is 12.3. The molecule has 0 aromatic heterocycles. The first-order valence-electron chi connectivity index (χ1n) is 4.78. The minimum atomic E-state index is -0.154. The lowest BCUT2D eigenvalue weighted by Crippen LogP contribution is -2.09. The molecule has 1 aromatic rings. The van der Waals surface area contributed by atoms with Crippen LogP contribution in [0.2, 0.25) is 0 Å². The third kappa shape index (κ3) is 2.34. The largest absolute Gasteiger partial charge is 0.354 e. The van der Waals surface area contributed by atoms with Crippen molar-refractivity contribution in [3.05, 3.63) is 41.8 Å². The van der Waals surface area contributed by atoms with E-state index in [0.29, 0.717) is 6.42 Å². The van der Waals surface area contributed by atoms with Gasteiger partial charge in [-0.1, -0.05) is 37.3 Å². The van der Waals surface area contributed by atoms with E-state index in [4.69, 9.17) is 0 Å². The molecule has 0 aliphatic rings. The van der Waals surface area contributed by atoms with Crippen LogP contribution >= 0.6 is 0 Å². The van der Waals surface area contributed by atoms with E-state index in [2.05, 4.69) is 0 Å². The first-order valence-corrected chi connectivity index (χ1v) is 4.78. The second-order valence-corrected chi connectivity index (χ2v) is 3.38. The van der Waals surface area contributed by atoms with E-state index in [1.165, 1.54) is 4.90 Å². The molecule has 0 fully saturated rings. The molecule has 0 saturated heterocycles. The highest BCUT2D eigenvalue weighted by atomic mass is 19.1. The first kappa shape index (κ1) is 10.8. The summed E-state index contributed by atoms with van der Waals surface area (Å²) in [6.45, 7) is 1.96. The average molecular weight is 193 g/mol. The molecule has 0 bridgehead atoms. The van der Waals surface area contributed by atoms with Crippen molar-refractivity contribution < 1.29 is 4.39 Å². The fourth-order valence-electron chi connectivity index (χ4n) is 1.38. The number of hydrogen-bond acceptors (Lipinski definition) is 1. The maximum Gasteiger partial charge on any atom is 0.192 e. The molecule has 0 amide bonds. The number of rotatable bonds is 3. The monoisotopic (exact) mass is 193 g/mol. The highest BCUT2D eigenvalue weighted by Gasteiger charge is 2.08. The lowest BCUT2D eigenvalue weighted by atomic mass is 10.0. The van der Waals surface area contributed by atoms with E-state index < -0.39 is 0 Å². The number of hydrogen-bond donors (Lipinski definition) is 0. The second kappa shape index (κ2) is 4.80. The molecule has 14 heavy (non-hydrogen) atoms. The number of halogens is 1. The topological polar surface area (TPSA) is 3.24 Å². The molecule has 0 spiro atoms. The quantitative estimate of drug-likeness (QED) is 0.666. The van der Waals surface area contributed by atoms with E-state index in [1.807, 2.05) is 37.3 Å². The van der Waals surface area contributed by atoms with Gasteiger partial charge in [-0.2, -0.15) is 4.39 Å². The van der Waals surface area contributed by atoms with Crippen molar-refractivity contribution in [2.45, 2.75) is 13.3 Å². The Kier molecular flexibility index (Phi) is 3.69. The van der Waals surface area contributed by atoms with Gasteiger partial charge in [-0.25, -0.2) is 0 Å². The molecule has 2 heteroatoms. The highest BCUT2D eigenvalue weighted by molar-refractivity contribution is 5.66. The van der Waals surface area contributed by atoms with E-state index in [-0.39, 0.29) is 5.95 Å².